The third-order valence-electron chi connectivity index (χ3n) is 12.5. The van der Waals surface area contributed by atoms with E-state index in [0.717, 1.165) is 11.1 Å². The van der Waals surface area contributed by atoms with E-state index >= 15 is 0 Å². The molecule has 0 atom stereocenters. The Labute approximate surface area is 336 Å². The van der Waals surface area contributed by atoms with Gasteiger partial charge >= 0.3 is 25.8 Å². The fraction of sp³-hybridized carbons (Fsp3) is 0.360. The molecule has 0 nitrogen and oxygen atoms in total. The summed E-state index contributed by atoms with van der Waals surface area (Å²) < 4.78 is 0. The van der Waals surface area contributed by atoms with Crippen molar-refractivity contribution in [2.24, 2.45) is 0 Å². The second kappa shape index (κ2) is 15.5. The van der Waals surface area contributed by atoms with Gasteiger partial charge in [-0.1, -0.05) is 165 Å². The van der Waals surface area contributed by atoms with Gasteiger partial charge in [0.2, 0.25) is 0 Å². The first-order valence-corrected chi connectivity index (χ1v) is 21.3. The maximum absolute atomic E-state index is 2.71. The summed E-state index contributed by atoms with van der Waals surface area (Å²) in [4.78, 5) is 0. The van der Waals surface area contributed by atoms with Crippen LogP contribution in [0.3, 0.4) is 0 Å². The van der Waals surface area contributed by atoms with E-state index in [0.29, 0.717) is 0 Å². The Bertz CT molecular complexity index is 1960. The Balaban J connectivity index is 0.00000174. The average Bonchev–Trinajstić information content (AvgIpc) is 3.92. The monoisotopic (exact) mass is 868 g/mol. The van der Waals surface area contributed by atoms with Crippen LogP contribution in [0, 0.1) is 14.9 Å². The summed E-state index contributed by atoms with van der Waals surface area (Å²) in [5, 5.41) is 9.19. The van der Waals surface area contributed by atoms with Crippen LogP contribution in [-0.4, -0.2) is 8.07 Å². The van der Waals surface area contributed by atoms with Gasteiger partial charge in [-0.15, -0.1) is 68.3 Å². The molecule has 2 aliphatic rings. The molecule has 0 N–H and O–H groups in total. The minimum Gasteiger partial charge on any atom is -0.358 e. The molecule has 6 aromatic rings. The van der Waals surface area contributed by atoms with Gasteiger partial charge in [0, 0.05) is 0 Å². The molecule has 2 fully saturated rings. The minimum atomic E-state index is -2.18. The van der Waals surface area contributed by atoms with Crippen LogP contribution in [0.4, 0.5) is 0 Å². The maximum Gasteiger partial charge on any atom is 4.00 e. The largest absolute Gasteiger partial charge is 4.00 e. The van der Waals surface area contributed by atoms with Crippen LogP contribution in [-0.2, 0) is 36.7 Å². The summed E-state index contributed by atoms with van der Waals surface area (Å²) in [5.41, 5.74) is 10.2. The van der Waals surface area contributed by atoms with Crippen molar-refractivity contribution in [3.8, 4) is 22.3 Å². The normalized spacial score (nSPS) is 15.8. The van der Waals surface area contributed by atoms with E-state index in [-0.39, 0.29) is 51.5 Å². The predicted molar refractivity (Wildman–Crippen MR) is 230 cm³/mol. The first-order chi connectivity index (χ1) is 23.5. The third-order valence-corrected chi connectivity index (χ3v) is 18.8. The Hall–Kier alpha value is -2.81. The van der Waals surface area contributed by atoms with Crippen molar-refractivity contribution in [2.45, 2.75) is 115 Å². The fourth-order valence-electron chi connectivity index (χ4n) is 9.96. The van der Waals surface area contributed by atoms with Crippen LogP contribution in [0.5, 0.6) is 0 Å². The zero-order valence-electron chi connectivity index (χ0n) is 33.2. The fourth-order valence-corrected chi connectivity index (χ4v) is 17.0. The van der Waals surface area contributed by atoms with E-state index in [2.05, 4.69) is 151 Å². The van der Waals surface area contributed by atoms with E-state index in [1.54, 1.807) is 10.4 Å². The van der Waals surface area contributed by atoms with E-state index in [1.165, 1.54) is 106 Å². The molecule has 0 bridgehead atoms. The summed E-state index contributed by atoms with van der Waals surface area (Å²) in [5.74, 6) is 0. The molecule has 2 aliphatic carbocycles. The number of hydrogen-bond acceptors (Lipinski definition) is 0. The zero-order valence-corrected chi connectivity index (χ0v) is 37.8. The van der Waals surface area contributed by atoms with E-state index < -0.39 is 8.07 Å². The predicted octanol–water partition coefficient (Wildman–Crippen LogP) is 13.7. The minimum absolute atomic E-state index is 0. The van der Waals surface area contributed by atoms with E-state index in [4.69, 9.17) is 0 Å². The van der Waals surface area contributed by atoms with Gasteiger partial charge in [0.15, 0.2) is 0 Å². The van der Waals surface area contributed by atoms with Crippen LogP contribution in [0.1, 0.15) is 104 Å². The Kier molecular flexibility index (Phi) is 12.0. The average molecular weight is 868 g/mol. The van der Waals surface area contributed by atoms with Gasteiger partial charge in [-0.2, -0.15) is 12.1 Å². The van der Waals surface area contributed by atoms with Crippen LogP contribution in [0.2, 0.25) is 11.1 Å². The Morgan fingerprint density at radius 3 is 1.23 bits per heavy atom. The van der Waals surface area contributed by atoms with Gasteiger partial charge in [-0.05, 0) is 44.2 Å². The molecule has 0 radical (unpaired) electrons. The van der Waals surface area contributed by atoms with Gasteiger partial charge in [0.05, 0.1) is 8.07 Å². The van der Waals surface area contributed by atoms with Crippen molar-refractivity contribution in [1.29, 1.82) is 0 Å². The van der Waals surface area contributed by atoms with Crippen LogP contribution in [0.25, 0.3) is 43.8 Å². The van der Waals surface area contributed by atoms with Crippen molar-refractivity contribution in [3.05, 3.63) is 135 Å². The molecule has 0 aromatic heterocycles. The smallest absolute Gasteiger partial charge is 0.358 e. The first-order valence-electron chi connectivity index (χ1n) is 19.2. The van der Waals surface area contributed by atoms with Gasteiger partial charge in [0.25, 0.3) is 0 Å². The van der Waals surface area contributed by atoms with Crippen molar-refractivity contribution in [3.63, 3.8) is 0 Å². The van der Waals surface area contributed by atoms with Crippen molar-refractivity contribution in [2.75, 3.05) is 0 Å². The second-order valence-corrected chi connectivity index (χ2v) is 22.1. The number of fused-ring (bicyclic) bond motifs is 2. The number of benzene rings is 4. The molecule has 8 rings (SSSR count). The summed E-state index contributed by atoms with van der Waals surface area (Å²) >= 11 is 0. The SMILES string of the molecule is CC(C)(C)c1cccc(-c2cccc3[cH-]c([Si](c4cc5c(-c6cccc(C(C)(C)C)c6)cccc5[cH-]4)(C4CCCC4)C4CCCC4)cc23)c1.[CH3-].[CH3-].[Hf+4]. The molecular formula is C50H60HfSi. The Morgan fingerprint density at radius 1 is 0.500 bits per heavy atom. The van der Waals surface area contributed by atoms with Crippen molar-refractivity contribution < 1.29 is 25.8 Å². The van der Waals surface area contributed by atoms with Crippen LogP contribution in [0.15, 0.2) is 109 Å². The molecule has 6 aromatic carbocycles. The molecule has 2 heteroatoms. The summed E-state index contributed by atoms with van der Waals surface area (Å²) in [6.45, 7) is 14.0. The van der Waals surface area contributed by atoms with Crippen molar-refractivity contribution >= 4 is 40.0 Å². The van der Waals surface area contributed by atoms with Gasteiger partial charge in [-0.3, -0.25) is 0 Å². The van der Waals surface area contributed by atoms with Crippen LogP contribution < -0.4 is 10.4 Å². The van der Waals surface area contributed by atoms with Crippen molar-refractivity contribution in [1.82, 2.24) is 0 Å². The second-order valence-electron chi connectivity index (χ2n) is 17.6. The quantitative estimate of drug-likeness (QED) is 0.116. The molecule has 52 heavy (non-hydrogen) atoms. The molecule has 2 saturated carbocycles. The summed E-state index contributed by atoms with van der Waals surface area (Å²) in [7, 11) is -2.18. The zero-order chi connectivity index (χ0) is 34.0. The Morgan fingerprint density at radius 2 is 0.865 bits per heavy atom. The topological polar surface area (TPSA) is 0 Å². The molecule has 268 valence electrons. The van der Waals surface area contributed by atoms with Gasteiger partial charge < -0.3 is 14.9 Å². The molecule has 0 unspecified atom stereocenters. The van der Waals surface area contributed by atoms with Gasteiger partial charge in [0.1, 0.15) is 0 Å². The molecule has 0 heterocycles. The maximum atomic E-state index is 2.71. The van der Waals surface area contributed by atoms with E-state index in [9.17, 15) is 0 Å². The number of rotatable bonds is 6. The first kappa shape index (κ1) is 40.4. The standard InChI is InChI=1S/C48H54Si.2CH3.Hf/c1-47(2,3)37-19-11-15-33(27-37)43-25-13-17-35-29-41(31-45(35)43)49(39-21-7-8-22-39,40-23-9-10-24-40)42-30-36-18-14-26-44(46(36)32-42)34-16-12-20-38(28-34)48(4,5)6;;;/h11-20,25-32,39-40H,7-10,21-24H2,1-6H3;2*1H3;/q-2;2*-1;+4. The third kappa shape index (κ3) is 7.09. The van der Waals surface area contributed by atoms with E-state index in [1.807, 2.05) is 0 Å². The number of hydrogen-bond donors (Lipinski definition) is 0. The molecule has 0 saturated heterocycles. The van der Waals surface area contributed by atoms with Gasteiger partial charge in [-0.25, -0.2) is 0 Å². The van der Waals surface area contributed by atoms with Crippen LogP contribution >= 0.6 is 0 Å². The molecular weight excluding hydrogens is 807 g/mol. The molecule has 0 amide bonds. The molecule has 0 spiro atoms. The molecule has 0 aliphatic heterocycles. The summed E-state index contributed by atoms with van der Waals surface area (Å²) in [6, 6.07) is 43.6. The summed E-state index contributed by atoms with van der Waals surface area (Å²) in [6.07, 6.45) is 11.1.